The molecule has 0 aromatic carbocycles. The number of ether oxygens (including phenoxy) is 3. The summed E-state index contributed by atoms with van der Waals surface area (Å²) in [5.74, 6) is -2.26. The highest BCUT2D eigenvalue weighted by molar-refractivity contribution is 5.87. The van der Waals surface area contributed by atoms with Gasteiger partial charge in [0.25, 0.3) is 5.56 Å². The standard InChI is InChI=1S/C21H28FN5O8/c1-6-8-26-14-17(24-20(23-9(3)28)25-18(14)31)27(21(26)32)19-16(34-11(5)30)13(22)15(35-19)12(7-2)33-10(4)29/h12-13,15-16,19H,6-8H2,1-5H3,(H2,23,24,25,28,31)/t12-,13-,15+,16+,19+/m0/s1. The maximum atomic E-state index is 15.6. The normalized spacial score (nSPS) is 22.7. The van der Waals surface area contributed by atoms with Crippen molar-refractivity contribution in [2.24, 2.45) is 0 Å². The van der Waals surface area contributed by atoms with Crippen LogP contribution in [0.25, 0.3) is 11.2 Å². The Bertz CT molecular complexity index is 1250. The monoisotopic (exact) mass is 497 g/mol. The number of esters is 2. The number of rotatable bonds is 8. The molecule has 0 unspecified atom stereocenters. The van der Waals surface area contributed by atoms with E-state index >= 15 is 4.39 Å². The molecule has 1 saturated heterocycles. The number of fused-ring (bicyclic) bond motifs is 1. The Labute approximate surface area is 198 Å². The summed E-state index contributed by atoms with van der Waals surface area (Å²) < 4.78 is 33.9. The highest BCUT2D eigenvalue weighted by Gasteiger charge is 2.53. The lowest BCUT2D eigenvalue weighted by Crippen LogP contribution is -2.39. The number of hydrogen-bond donors (Lipinski definition) is 2. The molecule has 2 aromatic heterocycles. The van der Waals surface area contributed by atoms with E-state index < -0.39 is 59.8 Å². The fraction of sp³-hybridized carbons (Fsp3) is 0.619. The smallest absolute Gasteiger partial charge is 0.332 e. The van der Waals surface area contributed by atoms with Gasteiger partial charge >= 0.3 is 17.6 Å². The van der Waals surface area contributed by atoms with Crippen LogP contribution in [0, 0.1) is 0 Å². The molecule has 1 amide bonds. The minimum absolute atomic E-state index is 0.123. The van der Waals surface area contributed by atoms with E-state index in [4.69, 9.17) is 14.2 Å². The Morgan fingerprint density at radius 1 is 1.20 bits per heavy atom. The van der Waals surface area contributed by atoms with Gasteiger partial charge in [-0.1, -0.05) is 13.8 Å². The molecular weight excluding hydrogens is 469 g/mol. The Balaban J connectivity index is 2.24. The van der Waals surface area contributed by atoms with Gasteiger partial charge in [-0.15, -0.1) is 0 Å². The van der Waals surface area contributed by atoms with Crippen molar-refractivity contribution in [2.75, 3.05) is 5.32 Å². The maximum absolute atomic E-state index is 15.6. The number of imidazole rings is 1. The van der Waals surface area contributed by atoms with Crippen LogP contribution < -0.4 is 16.6 Å². The summed E-state index contributed by atoms with van der Waals surface area (Å²) in [5.41, 5.74) is -1.80. The van der Waals surface area contributed by atoms with E-state index in [9.17, 15) is 24.0 Å². The van der Waals surface area contributed by atoms with Crippen LogP contribution in [0.4, 0.5) is 10.3 Å². The molecule has 0 bridgehead atoms. The lowest BCUT2D eigenvalue weighted by Gasteiger charge is -2.23. The highest BCUT2D eigenvalue weighted by Crippen LogP contribution is 2.37. The summed E-state index contributed by atoms with van der Waals surface area (Å²) in [6.45, 7) is 7.00. The molecule has 2 aromatic rings. The number of nitrogens with one attached hydrogen (secondary N) is 2. The first-order chi connectivity index (χ1) is 16.5. The molecule has 3 rings (SSSR count). The number of carbonyl (C=O) groups is 3. The van der Waals surface area contributed by atoms with E-state index in [1.165, 1.54) is 6.92 Å². The number of halogens is 1. The zero-order chi connectivity index (χ0) is 26.0. The number of aryl methyl sites for hydroxylation is 1. The van der Waals surface area contributed by atoms with Crippen molar-refractivity contribution in [3.8, 4) is 0 Å². The maximum Gasteiger partial charge on any atom is 0.332 e. The number of aromatic nitrogens is 4. The molecule has 1 aliphatic rings. The van der Waals surface area contributed by atoms with Gasteiger partial charge in [-0.05, 0) is 12.8 Å². The minimum Gasteiger partial charge on any atom is -0.460 e. The van der Waals surface area contributed by atoms with Gasteiger partial charge in [0.05, 0.1) is 0 Å². The van der Waals surface area contributed by atoms with Gasteiger partial charge in [0.15, 0.2) is 29.7 Å². The molecule has 5 atom stereocenters. The first-order valence-corrected chi connectivity index (χ1v) is 11.2. The van der Waals surface area contributed by atoms with Gasteiger partial charge < -0.3 is 14.2 Å². The molecule has 1 fully saturated rings. The van der Waals surface area contributed by atoms with Crippen LogP contribution in [-0.2, 0) is 35.1 Å². The molecule has 3 heterocycles. The predicted molar refractivity (Wildman–Crippen MR) is 119 cm³/mol. The van der Waals surface area contributed by atoms with E-state index in [-0.39, 0.29) is 30.1 Å². The molecule has 35 heavy (non-hydrogen) atoms. The van der Waals surface area contributed by atoms with Crippen LogP contribution in [0.2, 0.25) is 0 Å². The summed E-state index contributed by atoms with van der Waals surface area (Å²) in [7, 11) is 0. The van der Waals surface area contributed by atoms with E-state index in [0.717, 1.165) is 23.0 Å². The van der Waals surface area contributed by atoms with Crippen LogP contribution in [0.5, 0.6) is 0 Å². The van der Waals surface area contributed by atoms with Gasteiger partial charge in [0.1, 0.15) is 12.2 Å². The Morgan fingerprint density at radius 3 is 2.43 bits per heavy atom. The number of hydrogen-bond acceptors (Lipinski definition) is 9. The largest absolute Gasteiger partial charge is 0.460 e. The van der Waals surface area contributed by atoms with Gasteiger partial charge in [-0.2, -0.15) is 4.98 Å². The number of H-pyrrole nitrogens is 1. The van der Waals surface area contributed by atoms with E-state index in [2.05, 4.69) is 15.3 Å². The molecule has 0 aliphatic carbocycles. The SMILES string of the molecule is CCCn1c(=O)n([C@@H]2O[C@H]([C@H](CC)OC(C)=O)[C@H](F)[C@H]2OC(C)=O)c2nc(NC(C)=O)[nH]c(=O)c21. The molecule has 13 nitrogen and oxygen atoms in total. The van der Waals surface area contributed by atoms with E-state index in [1.54, 1.807) is 13.8 Å². The molecule has 14 heteroatoms. The summed E-state index contributed by atoms with van der Waals surface area (Å²) in [6.07, 6.45) is -6.85. The number of anilines is 1. The second-order valence-electron chi connectivity index (χ2n) is 8.14. The van der Waals surface area contributed by atoms with Crippen LogP contribution in [0.3, 0.4) is 0 Å². The average molecular weight is 497 g/mol. The van der Waals surface area contributed by atoms with E-state index in [1.807, 2.05) is 0 Å². The fourth-order valence-electron chi connectivity index (χ4n) is 4.14. The predicted octanol–water partition coefficient (Wildman–Crippen LogP) is 0.764. The molecule has 0 radical (unpaired) electrons. The van der Waals surface area contributed by atoms with Crippen LogP contribution >= 0.6 is 0 Å². The third kappa shape index (κ3) is 5.11. The number of nitrogens with zero attached hydrogens (tertiary/aromatic N) is 3. The van der Waals surface area contributed by atoms with Crippen molar-refractivity contribution in [3.63, 3.8) is 0 Å². The lowest BCUT2D eigenvalue weighted by molar-refractivity contribution is -0.159. The van der Waals surface area contributed by atoms with Crippen molar-refractivity contribution < 1.29 is 33.0 Å². The van der Waals surface area contributed by atoms with Gasteiger partial charge in [-0.25, -0.2) is 13.8 Å². The third-order valence-corrected chi connectivity index (χ3v) is 5.40. The van der Waals surface area contributed by atoms with Crippen LogP contribution in [0.1, 0.15) is 53.7 Å². The van der Waals surface area contributed by atoms with Crippen molar-refractivity contribution in [1.82, 2.24) is 19.1 Å². The lowest BCUT2D eigenvalue weighted by atomic mass is 10.0. The first kappa shape index (κ1) is 26.1. The number of carbonyl (C=O) groups excluding carboxylic acids is 3. The van der Waals surface area contributed by atoms with Crippen molar-refractivity contribution in [1.29, 1.82) is 0 Å². The average Bonchev–Trinajstić information content (AvgIpc) is 3.20. The number of amides is 1. The second kappa shape index (κ2) is 10.4. The zero-order valence-corrected chi connectivity index (χ0v) is 20.0. The van der Waals surface area contributed by atoms with Gasteiger partial charge in [0.2, 0.25) is 11.9 Å². The van der Waals surface area contributed by atoms with Crippen LogP contribution in [-0.4, -0.2) is 61.4 Å². The van der Waals surface area contributed by atoms with Gasteiger partial charge in [0, 0.05) is 27.3 Å². The van der Waals surface area contributed by atoms with Crippen molar-refractivity contribution >= 4 is 35.0 Å². The highest BCUT2D eigenvalue weighted by atomic mass is 19.1. The summed E-state index contributed by atoms with van der Waals surface area (Å²) in [6, 6.07) is 0. The van der Waals surface area contributed by atoms with Crippen LogP contribution in [0.15, 0.2) is 9.59 Å². The minimum atomic E-state index is -1.97. The Kier molecular flexibility index (Phi) is 7.73. The second-order valence-corrected chi connectivity index (χ2v) is 8.14. The quantitative estimate of drug-likeness (QED) is 0.501. The molecular formula is C21H28FN5O8. The molecule has 0 saturated carbocycles. The van der Waals surface area contributed by atoms with Crippen molar-refractivity contribution in [2.45, 2.75) is 84.7 Å². The molecule has 192 valence electrons. The fourth-order valence-corrected chi connectivity index (χ4v) is 4.14. The first-order valence-electron chi connectivity index (χ1n) is 11.2. The summed E-state index contributed by atoms with van der Waals surface area (Å²) in [5, 5.41) is 2.34. The number of aromatic amines is 1. The Morgan fingerprint density at radius 2 is 1.89 bits per heavy atom. The molecule has 0 spiro atoms. The van der Waals surface area contributed by atoms with E-state index in [0.29, 0.717) is 6.42 Å². The summed E-state index contributed by atoms with van der Waals surface area (Å²) in [4.78, 5) is 67.7. The number of alkyl halides is 1. The third-order valence-electron chi connectivity index (χ3n) is 5.40. The summed E-state index contributed by atoms with van der Waals surface area (Å²) >= 11 is 0. The molecule has 1 aliphatic heterocycles. The van der Waals surface area contributed by atoms with Crippen molar-refractivity contribution in [3.05, 3.63) is 20.8 Å². The Hall–Kier alpha value is -3.55. The topological polar surface area (TPSA) is 164 Å². The van der Waals surface area contributed by atoms with Gasteiger partial charge in [-0.3, -0.25) is 34.0 Å². The molecule has 2 N–H and O–H groups in total. The zero-order valence-electron chi connectivity index (χ0n) is 20.0.